The first-order chi connectivity index (χ1) is 9.17. The molecule has 0 aromatic rings. The van der Waals surface area contributed by atoms with E-state index in [1.54, 1.807) is 6.92 Å². The Morgan fingerprint density at radius 3 is 2.50 bits per heavy atom. The maximum atomic E-state index is 12.0. The molecule has 0 aromatic heterocycles. The summed E-state index contributed by atoms with van der Waals surface area (Å²) >= 11 is 0. The van der Waals surface area contributed by atoms with Crippen molar-refractivity contribution in [1.82, 2.24) is 0 Å². The largest absolute Gasteiger partial charge is 0.460 e. The van der Waals surface area contributed by atoms with E-state index in [1.165, 1.54) is 0 Å². The zero-order valence-electron chi connectivity index (χ0n) is 13.1. The Balaban J connectivity index is 2.66. The van der Waals surface area contributed by atoms with Crippen molar-refractivity contribution < 1.29 is 19.7 Å². The van der Waals surface area contributed by atoms with Gasteiger partial charge in [0.05, 0.1) is 12.2 Å². The molecule has 4 nitrogen and oxygen atoms in total. The van der Waals surface area contributed by atoms with Gasteiger partial charge in [-0.05, 0) is 38.0 Å². The van der Waals surface area contributed by atoms with E-state index >= 15 is 0 Å². The van der Waals surface area contributed by atoms with Gasteiger partial charge in [0.25, 0.3) is 0 Å². The van der Waals surface area contributed by atoms with E-state index in [-0.39, 0.29) is 12.5 Å². The van der Waals surface area contributed by atoms with Gasteiger partial charge >= 0.3 is 5.97 Å². The molecule has 0 spiro atoms. The summed E-state index contributed by atoms with van der Waals surface area (Å²) in [6.07, 6.45) is 1.17. The lowest BCUT2D eigenvalue weighted by molar-refractivity contribution is -0.143. The maximum Gasteiger partial charge on any atom is 0.334 e. The summed E-state index contributed by atoms with van der Waals surface area (Å²) in [6.45, 7) is 11.6. The van der Waals surface area contributed by atoms with Crippen molar-refractivity contribution in [2.75, 3.05) is 6.61 Å². The van der Waals surface area contributed by atoms with Crippen LogP contribution < -0.4 is 0 Å². The highest BCUT2D eigenvalue weighted by molar-refractivity contribution is 5.89. The SMILES string of the molecule is C=C(C(=O)OCC(C)O)[C@]1(C)CC[C@@H](C(C)C)[C@H](O)C1. The van der Waals surface area contributed by atoms with Crippen molar-refractivity contribution in [3.8, 4) is 0 Å². The van der Waals surface area contributed by atoms with Crippen LogP contribution in [0.2, 0.25) is 0 Å². The van der Waals surface area contributed by atoms with Crippen LogP contribution in [0.15, 0.2) is 12.2 Å². The number of hydrogen-bond acceptors (Lipinski definition) is 4. The summed E-state index contributed by atoms with van der Waals surface area (Å²) in [7, 11) is 0. The Hall–Kier alpha value is -0.870. The third-order valence-corrected chi connectivity index (χ3v) is 4.47. The summed E-state index contributed by atoms with van der Waals surface area (Å²) in [6, 6.07) is 0. The summed E-state index contributed by atoms with van der Waals surface area (Å²) in [5.41, 5.74) is -0.0139. The first-order valence-corrected chi connectivity index (χ1v) is 7.40. The van der Waals surface area contributed by atoms with Crippen LogP contribution in [0.25, 0.3) is 0 Å². The molecule has 0 saturated heterocycles. The molecule has 0 aromatic carbocycles. The third-order valence-electron chi connectivity index (χ3n) is 4.47. The summed E-state index contributed by atoms with van der Waals surface area (Å²) < 4.78 is 5.02. The standard InChI is InChI=1S/C16H28O4/c1-10(2)13-6-7-16(5,8-14(13)18)12(4)15(19)20-9-11(3)17/h10-11,13-14,17-18H,4,6-9H2,1-3,5H3/t11?,13-,14+,16+/m0/s1. The second kappa shape index (κ2) is 6.72. The Bertz CT molecular complexity index is 361. The molecule has 4 atom stereocenters. The fourth-order valence-electron chi connectivity index (χ4n) is 2.97. The number of rotatable bonds is 5. The number of carbonyl (C=O) groups is 1. The van der Waals surface area contributed by atoms with Gasteiger partial charge < -0.3 is 14.9 Å². The molecule has 0 bridgehead atoms. The van der Waals surface area contributed by atoms with Crippen molar-refractivity contribution >= 4 is 5.97 Å². The molecule has 116 valence electrons. The van der Waals surface area contributed by atoms with E-state index < -0.39 is 23.6 Å². The molecule has 1 aliphatic rings. The molecule has 0 aliphatic heterocycles. The van der Waals surface area contributed by atoms with E-state index in [4.69, 9.17) is 9.84 Å². The van der Waals surface area contributed by atoms with Crippen molar-refractivity contribution in [3.63, 3.8) is 0 Å². The average Bonchev–Trinajstić information content (AvgIpc) is 2.34. The molecule has 1 unspecified atom stereocenters. The minimum atomic E-state index is -0.679. The number of ether oxygens (including phenoxy) is 1. The van der Waals surface area contributed by atoms with E-state index in [9.17, 15) is 9.90 Å². The molecule has 0 radical (unpaired) electrons. The minimum absolute atomic E-state index is 0.0227. The molecule has 0 amide bonds. The summed E-state index contributed by atoms with van der Waals surface area (Å²) in [5, 5.41) is 19.4. The predicted molar refractivity (Wildman–Crippen MR) is 78.1 cm³/mol. The molecule has 1 fully saturated rings. The quantitative estimate of drug-likeness (QED) is 0.600. The highest BCUT2D eigenvalue weighted by atomic mass is 16.5. The zero-order valence-corrected chi connectivity index (χ0v) is 13.1. The predicted octanol–water partition coefficient (Wildman–Crippen LogP) is 2.29. The molecule has 2 N–H and O–H groups in total. The van der Waals surface area contributed by atoms with Crippen molar-refractivity contribution in [2.24, 2.45) is 17.3 Å². The van der Waals surface area contributed by atoms with Crippen LogP contribution in [0.5, 0.6) is 0 Å². The van der Waals surface area contributed by atoms with Gasteiger partial charge in [-0.3, -0.25) is 0 Å². The highest BCUT2D eigenvalue weighted by Crippen LogP contribution is 2.45. The molecule has 4 heteroatoms. The smallest absolute Gasteiger partial charge is 0.334 e. The number of esters is 1. The van der Waals surface area contributed by atoms with Gasteiger partial charge in [-0.25, -0.2) is 4.79 Å². The molecular weight excluding hydrogens is 256 g/mol. The van der Waals surface area contributed by atoms with Crippen LogP contribution in [0, 0.1) is 17.3 Å². The second-order valence-corrected chi connectivity index (χ2v) is 6.70. The van der Waals surface area contributed by atoms with Gasteiger partial charge in [0, 0.05) is 11.0 Å². The van der Waals surface area contributed by atoms with E-state index in [1.807, 2.05) is 6.92 Å². The van der Waals surface area contributed by atoms with Crippen LogP contribution in [-0.2, 0) is 9.53 Å². The Kier molecular flexibility index (Phi) is 5.78. The summed E-state index contributed by atoms with van der Waals surface area (Å²) in [5.74, 6) is 0.248. The van der Waals surface area contributed by atoms with Gasteiger partial charge in [-0.2, -0.15) is 0 Å². The highest BCUT2D eigenvalue weighted by Gasteiger charge is 2.42. The normalized spacial score (nSPS) is 31.9. The molecule has 1 aliphatic carbocycles. The monoisotopic (exact) mass is 284 g/mol. The van der Waals surface area contributed by atoms with Crippen LogP contribution in [-0.4, -0.2) is 35.0 Å². The van der Waals surface area contributed by atoms with E-state index in [0.717, 1.165) is 12.8 Å². The number of aliphatic hydroxyl groups is 2. The average molecular weight is 284 g/mol. The van der Waals surface area contributed by atoms with E-state index in [0.29, 0.717) is 17.9 Å². The molecular formula is C16H28O4. The third kappa shape index (κ3) is 4.06. The van der Waals surface area contributed by atoms with Crippen LogP contribution in [0.3, 0.4) is 0 Å². The van der Waals surface area contributed by atoms with E-state index in [2.05, 4.69) is 20.4 Å². The lowest BCUT2D eigenvalue weighted by Gasteiger charge is -2.42. The Morgan fingerprint density at radius 1 is 1.45 bits per heavy atom. The lowest BCUT2D eigenvalue weighted by Crippen LogP contribution is -2.40. The fourth-order valence-corrected chi connectivity index (χ4v) is 2.97. The van der Waals surface area contributed by atoms with Crippen LogP contribution >= 0.6 is 0 Å². The lowest BCUT2D eigenvalue weighted by atomic mass is 9.64. The second-order valence-electron chi connectivity index (χ2n) is 6.70. The topological polar surface area (TPSA) is 66.8 Å². The molecule has 1 rings (SSSR count). The minimum Gasteiger partial charge on any atom is -0.460 e. The molecule has 0 heterocycles. The number of carbonyl (C=O) groups excluding carboxylic acids is 1. The Morgan fingerprint density at radius 2 is 2.05 bits per heavy atom. The van der Waals surface area contributed by atoms with Crippen molar-refractivity contribution in [2.45, 2.75) is 59.2 Å². The van der Waals surface area contributed by atoms with Gasteiger partial charge in [-0.1, -0.05) is 27.4 Å². The van der Waals surface area contributed by atoms with Gasteiger partial charge in [0.15, 0.2) is 0 Å². The molecule has 1 saturated carbocycles. The van der Waals surface area contributed by atoms with Crippen LogP contribution in [0.4, 0.5) is 0 Å². The van der Waals surface area contributed by atoms with Crippen molar-refractivity contribution in [3.05, 3.63) is 12.2 Å². The van der Waals surface area contributed by atoms with Gasteiger partial charge in [0.1, 0.15) is 6.61 Å². The van der Waals surface area contributed by atoms with Gasteiger partial charge in [0.2, 0.25) is 0 Å². The summed E-state index contributed by atoms with van der Waals surface area (Å²) in [4.78, 5) is 12.0. The molecule has 20 heavy (non-hydrogen) atoms. The first kappa shape index (κ1) is 17.2. The number of hydrogen-bond donors (Lipinski definition) is 2. The number of aliphatic hydroxyl groups excluding tert-OH is 2. The maximum absolute atomic E-state index is 12.0. The first-order valence-electron chi connectivity index (χ1n) is 7.40. The zero-order chi connectivity index (χ0) is 15.5. The van der Waals surface area contributed by atoms with Crippen LogP contribution in [0.1, 0.15) is 47.0 Å². The fraction of sp³-hybridized carbons (Fsp3) is 0.812. The van der Waals surface area contributed by atoms with Crippen molar-refractivity contribution in [1.29, 1.82) is 0 Å². The Labute approximate surface area is 121 Å². The van der Waals surface area contributed by atoms with Gasteiger partial charge in [-0.15, -0.1) is 0 Å².